The normalized spacial score (nSPS) is 10.8. The number of anilines is 1. The van der Waals surface area contributed by atoms with Crippen molar-refractivity contribution in [1.29, 1.82) is 5.26 Å². The summed E-state index contributed by atoms with van der Waals surface area (Å²) in [7, 11) is 0. The van der Waals surface area contributed by atoms with E-state index >= 15 is 0 Å². The molecular weight excluding hydrogens is 470 g/mol. The number of carbonyl (C=O) groups is 1. The minimum Gasteiger partial charge on any atom is -0.311 e. The maximum Gasteiger partial charge on any atom is 0.225 e. The van der Waals surface area contributed by atoms with Crippen LogP contribution in [0.3, 0.4) is 0 Å². The molecule has 6 heteroatoms. The number of fused-ring (bicyclic) bond motifs is 1. The fourth-order valence-electron chi connectivity index (χ4n) is 4.85. The molecule has 5 aromatic rings. The zero-order valence-electron chi connectivity index (χ0n) is 21.4. The van der Waals surface area contributed by atoms with Crippen molar-refractivity contribution in [3.05, 3.63) is 108 Å². The second kappa shape index (κ2) is 11.5. The molecule has 1 N–H and O–H groups in total. The number of hydrogen-bond acceptors (Lipinski definition) is 4. The molecule has 188 valence electrons. The molecule has 1 amide bonds. The quantitative estimate of drug-likeness (QED) is 0.225. The predicted octanol–water partition coefficient (Wildman–Crippen LogP) is 6.85. The third-order valence-electron chi connectivity index (χ3n) is 6.68. The van der Waals surface area contributed by atoms with Crippen LogP contribution >= 0.6 is 0 Å². The van der Waals surface area contributed by atoms with Crippen LogP contribution in [0, 0.1) is 11.3 Å². The van der Waals surface area contributed by atoms with E-state index in [1.54, 1.807) is 12.3 Å². The number of hydrogen-bond donors (Lipinski definition) is 1. The number of aryl methyl sites for hydroxylation is 1. The van der Waals surface area contributed by atoms with Gasteiger partial charge in [0.15, 0.2) is 0 Å². The molecule has 6 nitrogen and oxygen atoms in total. The summed E-state index contributed by atoms with van der Waals surface area (Å²) >= 11 is 0. The number of benzene rings is 2. The van der Waals surface area contributed by atoms with E-state index in [1.807, 2.05) is 53.0 Å². The lowest BCUT2D eigenvalue weighted by molar-refractivity contribution is -0.116. The second-order valence-corrected chi connectivity index (χ2v) is 9.21. The highest BCUT2D eigenvalue weighted by atomic mass is 16.1. The molecular formula is C32H29N5O. The number of aromatic nitrogens is 3. The number of pyridine rings is 1. The van der Waals surface area contributed by atoms with E-state index in [2.05, 4.69) is 53.6 Å². The predicted molar refractivity (Wildman–Crippen MR) is 151 cm³/mol. The Morgan fingerprint density at radius 1 is 0.947 bits per heavy atom. The van der Waals surface area contributed by atoms with Gasteiger partial charge in [-0.1, -0.05) is 55.5 Å². The number of rotatable bonds is 9. The van der Waals surface area contributed by atoms with Crippen molar-refractivity contribution in [2.24, 2.45) is 0 Å². The van der Waals surface area contributed by atoms with Crippen LogP contribution in [0.2, 0.25) is 0 Å². The van der Waals surface area contributed by atoms with Gasteiger partial charge in [-0.3, -0.25) is 4.79 Å². The lowest BCUT2D eigenvalue weighted by Crippen LogP contribution is -2.12. The van der Waals surface area contributed by atoms with E-state index in [0.29, 0.717) is 17.8 Å². The van der Waals surface area contributed by atoms with Crippen LogP contribution in [-0.2, 0) is 17.6 Å². The fourth-order valence-corrected chi connectivity index (χ4v) is 4.85. The Balaban J connectivity index is 1.52. The number of nitriles is 1. The first-order valence-electron chi connectivity index (χ1n) is 13.0. The van der Waals surface area contributed by atoms with E-state index in [9.17, 15) is 10.1 Å². The maximum atomic E-state index is 12.5. The van der Waals surface area contributed by atoms with E-state index < -0.39 is 0 Å². The highest BCUT2D eigenvalue weighted by molar-refractivity contribution is 5.90. The molecule has 0 saturated heterocycles. The van der Waals surface area contributed by atoms with E-state index in [-0.39, 0.29) is 5.91 Å². The molecule has 5 rings (SSSR count). The number of amides is 1. The standard InChI is InChI=1S/C32H29N5O/c1-2-26-18-19-28-31(25-14-10-11-23(21-25)22-33)27(32(36-37(26)28)24-12-4-3-5-13-24)15-6-7-17-30(38)35-29-16-8-9-20-34-29/h3-5,8-14,16,18-21H,2,6-7,15,17H2,1H3,(H,34,35,38). The number of carbonyl (C=O) groups excluding carboxylic acids is 1. The summed E-state index contributed by atoms with van der Waals surface area (Å²) in [6.45, 7) is 2.13. The third kappa shape index (κ3) is 5.33. The largest absolute Gasteiger partial charge is 0.311 e. The van der Waals surface area contributed by atoms with E-state index in [4.69, 9.17) is 5.10 Å². The molecule has 0 atom stereocenters. The average Bonchev–Trinajstić information content (AvgIpc) is 3.38. The minimum atomic E-state index is -0.0401. The monoisotopic (exact) mass is 499 g/mol. The van der Waals surface area contributed by atoms with Crippen LogP contribution in [0.1, 0.15) is 43.0 Å². The van der Waals surface area contributed by atoms with Crippen molar-refractivity contribution in [2.75, 3.05) is 5.32 Å². The van der Waals surface area contributed by atoms with E-state index in [0.717, 1.165) is 64.8 Å². The summed E-state index contributed by atoms with van der Waals surface area (Å²) in [5, 5.41) is 17.6. The minimum absolute atomic E-state index is 0.0401. The van der Waals surface area contributed by atoms with Gasteiger partial charge in [0.25, 0.3) is 0 Å². The van der Waals surface area contributed by atoms with Crippen molar-refractivity contribution in [3.8, 4) is 28.5 Å². The lowest BCUT2D eigenvalue weighted by atomic mass is 9.91. The van der Waals surface area contributed by atoms with E-state index in [1.165, 1.54) is 0 Å². The molecule has 38 heavy (non-hydrogen) atoms. The molecule has 3 aromatic heterocycles. The van der Waals surface area contributed by atoms with Gasteiger partial charge in [0.05, 0.1) is 22.8 Å². The van der Waals surface area contributed by atoms with Crippen LogP contribution in [0.25, 0.3) is 27.9 Å². The van der Waals surface area contributed by atoms with Crippen LogP contribution in [0.15, 0.2) is 91.1 Å². The molecule has 0 saturated carbocycles. The van der Waals surface area contributed by atoms with Crippen molar-refractivity contribution in [2.45, 2.75) is 39.0 Å². The van der Waals surface area contributed by atoms with Crippen molar-refractivity contribution in [3.63, 3.8) is 0 Å². The fraction of sp³-hybridized carbons (Fsp3) is 0.188. The van der Waals surface area contributed by atoms with Gasteiger partial charge in [0.1, 0.15) is 5.82 Å². The topological polar surface area (TPSA) is 83.1 Å². The number of unbranched alkanes of at least 4 members (excludes halogenated alkanes) is 1. The van der Waals surface area contributed by atoms with Gasteiger partial charge in [-0.25, -0.2) is 9.50 Å². The van der Waals surface area contributed by atoms with Gasteiger partial charge < -0.3 is 5.32 Å². The van der Waals surface area contributed by atoms with Crippen molar-refractivity contribution >= 4 is 17.2 Å². The zero-order chi connectivity index (χ0) is 26.3. The lowest BCUT2D eigenvalue weighted by Gasteiger charge is -2.18. The second-order valence-electron chi connectivity index (χ2n) is 9.21. The van der Waals surface area contributed by atoms with Crippen LogP contribution in [-0.4, -0.2) is 20.5 Å². The van der Waals surface area contributed by atoms with Gasteiger partial charge in [-0.15, -0.1) is 0 Å². The molecule has 0 spiro atoms. The number of nitrogens with zero attached hydrogens (tertiary/aromatic N) is 4. The average molecular weight is 500 g/mol. The SMILES string of the molecule is CCc1ccc2c(-c3cccc(C#N)c3)c(CCCCC(=O)Nc3ccccn3)c(-c3ccccc3)nn12. The Bertz CT molecular complexity index is 1600. The summed E-state index contributed by atoms with van der Waals surface area (Å²) in [6.07, 6.45) is 5.24. The van der Waals surface area contributed by atoms with Crippen LogP contribution in [0.5, 0.6) is 0 Å². The molecule has 3 heterocycles. The maximum absolute atomic E-state index is 12.5. The van der Waals surface area contributed by atoms with Gasteiger partial charge >= 0.3 is 0 Å². The highest BCUT2D eigenvalue weighted by Gasteiger charge is 2.20. The van der Waals surface area contributed by atoms with Crippen LogP contribution < -0.4 is 5.32 Å². The van der Waals surface area contributed by atoms with Crippen molar-refractivity contribution < 1.29 is 4.79 Å². The highest BCUT2D eigenvalue weighted by Crippen LogP contribution is 2.36. The molecule has 0 aliphatic carbocycles. The molecule has 2 aromatic carbocycles. The Hall–Kier alpha value is -4.76. The Kier molecular flexibility index (Phi) is 7.56. The van der Waals surface area contributed by atoms with Crippen molar-refractivity contribution in [1.82, 2.24) is 14.6 Å². The molecule has 0 unspecified atom stereocenters. The summed E-state index contributed by atoms with van der Waals surface area (Å²) in [4.78, 5) is 16.7. The summed E-state index contributed by atoms with van der Waals surface area (Å²) in [6, 6.07) is 30.0. The first kappa shape index (κ1) is 24.9. The first-order valence-corrected chi connectivity index (χ1v) is 13.0. The summed E-state index contributed by atoms with van der Waals surface area (Å²) in [5.41, 5.74) is 7.98. The Morgan fingerprint density at radius 3 is 2.53 bits per heavy atom. The summed E-state index contributed by atoms with van der Waals surface area (Å²) < 4.78 is 2.04. The third-order valence-corrected chi connectivity index (χ3v) is 6.68. The van der Waals surface area contributed by atoms with Gasteiger partial charge in [-0.05, 0) is 73.2 Å². The molecule has 0 aliphatic rings. The van der Waals surface area contributed by atoms with Gasteiger partial charge in [0.2, 0.25) is 5.91 Å². The van der Waals surface area contributed by atoms with Gasteiger partial charge in [0, 0.05) is 29.4 Å². The summed E-state index contributed by atoms with van der Waals surface area (Å²) in [5.74, 6) is 0.528. The Labute approximate surface area is 222 Å². The molecule has 0 bridgehead atoms. The molecule has 0 radical (unpaired) electrons. The molecule has 0 fully saturated rings. The van der Waals surface area contributed by atoms with Crippen LogP contribution in [0.4, 0.5) is 5.82 Å². The first-order chi connectivity index (χ1) is 18.7. The molecule has 0 aliphatic heterocycles. The smallest absolute Gasteiger partial charge is 0.225 e. The Morgan fingerprint density at radius 2 is 1.76 bits per heavy atom. The van der Waals surface area contributed by atoms with Gasteiger partial charge in [-0.2, -0.15) is 10.4 Å². The zero-order valence-corrected chi connectivity index (χ0v) is 21.4. The number of nitrogens with one attached hydrogen (secondary N) is 1.